The standard InChI is InChI=1S/C24H29ClFN5O/c25-22-27-16-31(28-22)24-12-18-8-19(13-24)11-23(10-18,15-24)21(32)30-6-4-29(5-7-30)14-17-2-1-3-20(26)9-17/h1-3,9,16,18-19H,4-8,10-15H2. The zero-order valence-corrected chi connectivity index (χ0v) is 19.0. The number of amides is 1. The maximum absolute atomic E-state index is 13.9. The van der Waals surface area contributed by atoms with Crippen LogP contribution in [0.4, 0.5) is 4.39 Å². The van der Waals surface area contributed by atoms with Gasteiger partial charge in [-0.25, -0.2) is 14.1 Å². The largest absolute Gasteiger partial charge is 0.340 e. The van der Waals surface area contributed by atoms with Crippen molar-refractivity contribution in [3.8, 4) is 0 Å². The van der Waals surface area contributed by atoms with E-state index in [1.54, 1.807) is 18.5 Å². The van der Waals surface area contributed by atoms with Gasteiger partial charge in [0.2, 0.25) is 11.2 Å². The van der Waals surface area contributed by atoms with Crippen molar-refractivity contribution in [3.05, 3.63) is 47.3 Å². The number of benzene rings is 1. The Hall–Kier alpha value is -1.99. The number of halogens is 2. The molecule has 2 unspecified atom stereocenters. The zero-order valence-electron chi connectivity index (χ0n) is 18.2. The fraction of sp³-hybridized carbons (Fsp3) is 0.625. The number of carbonyl (C=O) groups is 1. The molecule has 1 aliphatic heterocycles. The van der Waals surface area contributed by atoms with E-state index in [4.69, 9.17) is 11.6 Å². The van der Waals surface area contributed by atoms with E-state index in [2.05, 4.69) is 19.9 Å². The molecule has 0 radical (unpaired) electrons. The topological polar surface area (TPSA) is 54.3 Å². The maximum Gasteiger partial charge on any atom is 0.242 e. The molecule has 1 aromatic carbocycles. The highest BCUT2D eigenvalue weighted by atomic mass is 35.5. The van der Waals surface area contributed by atoms with Gasteiger partial charge in [0.25, 0.3) is 0 Å². The molecule has 7 rings (SSSR count). The zero-order chi connectivity index (χ0) is 21.9. The van der Waals surface area contributed by atoms with Crippen LogP contribution in [-0.2, 0) is 16.9 Å². The molecule has 170 valence electrons. The molecule has 0 N–H and O–H groups in total. The molecular weight excluding hydrogens is 429 g/mol. The lowest BCUT2D eigenvalue weighted by molar-refractivity contribution is -0.168. The van der Waals surface area contributed by atoms with E-state index in [1.165, 1.54) is 12.5 Å². The summed E-state index contributed by atoms with van der Waals surface area (Å²) in [6.45, 7) is 3.87. The first-order valence-electron chi connectivity index (χ1n) is 11.8. The van der Waals surface area contributed by atoms with Crippen molar-refractivity contribution in [2.45, 2.75) is 50.6 Å². The minimum atomic E-state index is -0.271. The summed E-state index contributed by atoms with van der Waals surface area (Å²) in [4.78, 5) is 22.5. The molecule has 1 amide bonds. The summed E-state index contributed by atoms with van der Waals surface area (Å²) < 4.78 is 15.5. The Balaban J connectivity index is 1.17. The first kappa shape index (κ1) is 20.6. The van der Waals surface area contributed by atoms with Crippen LogP contribution in [0.25, 0.3) is 0 Å². The van der Waals surface area contributed by atoms with Crippen molar-refractivity contribution in [1.29, 1.82) is 0 Å². The van der Waals surface area contributed by atoms with Gasteiger partial charge in [-0.15, -0.1) is 5.10 Å². The van der Waals surface area contributed by atoms with Gasteiger partial charge in [-0.2, -0.15) is 0 Å². The predicted octanol–water partition coefficient (Wildman–Crippen LogP) is 3.71. The van der Waals surface area contributed by atoms with Crippen molar-refractivity contribution >= 4 is 17.5 Å². The molecule has 32 heavy (non-hydrogen) atoms. The van der Waals surface area contributed by atoms with Crippen LogP contribution in [0.2, 0.25) is 5.28 Å². The Kier molecular flexibility index (Phi) is 4.84. The first-order valence-corrected chi connectivity index (χ1v) is 12.1. The summed E-state index contributed by atoms with van der Waals surface area (Å²) in [5.74, 6) is 1.31. The molecule has 4 bridgehead atoms. The second-order valence-corrected chi connectivity index (χ2v) is 11.0. The fourth-order valence-corrected chi connectivity index (χ4v) is 7.67. The molecule has 5 aliphatic rings. The molecule has 2 aromatic rings. The summed E-state index contributed by atoms with van der Waals surface area (Å²) in [5.41, 5.74) is 0.603. The molecule has 5 fully saturated rings. The average Bonchev–Trinajstić information content (AvgIpc) is 3.20. The highest BCUT2D eigenvalue weighted by molar-refractivity contribution is 6.28. The predicted molar refractivity (Wildman–Crippen MR) is 118 cm³/mol. The van der Waals surface area contributed by atoms with Crippen LogP contribution in [0.3, 0.4) is 0 Å². The molecule has 1 saturated heterocycles. The van der Waals surface area contributed by atoms with Crippen LogP contribution < -0.4 is 0 Å². The first-order chi connectivity index (χ1) is 15.4. The van der Waals surface area contributed by atoms with E-state index in [1.807, 2.05) is 10.7 Å². The number of carbonyl (C=O) groups excluding carboxylic acids is 1. The Labute approximate surface area is 192 Å². The molecule has 8 heteroatoms. The lowest BCUT2D eigenvalue weighted by Crippen LogP contribution is -2.62. The summed E-state index contributed by atoms with van der Waals surface area (Å²) in [6, 6.07) is 6.80. The van der Waals surface area contributed by atoms with E-state index in [-0.39, 0.29) is 22.1 Å². The van der Waals surface area contributed by atoms with Crippen molar-refractivity contribution in [2.75, 3.05) is 26.2 Å². The highest BCUT2D eigenvalue weighted by Crippen LogP contribution is 2.64. The maximum atomic E-state index is 13.9. The van der Waals surface area contributed by atoms with Crippen LogP contribution in [0.1, 0.15) is 44.1 Å². The molecule has 2 heterocycles. The molecule has 1 aromatic heterocycles. The Bertz CT molecular complexity index is 1020. The fourth-order valence-electron chi connectivity index (χ4n) is 7.54. The van der Waals surface area contributed by atoms with Gasteiger partial charge in [-0.05, 0) is 79.7 Å². The van der Waals surface area contributed by atoms with Gasteiger partial charge < -0.3 is 4.90 Å². The number of hydrogen-bond acceptors (Lipinski definition) is 4. The van der Waals surface area contributed by atoms with Crippen molar-refractivity contribution < 1.29 is 9.18 Å². The Morgan fingerprint density at radius 3 is 2.53 bits per heavy atom. The van der Waals surface area contributed by atoms with Gasteiger partial charge >= 0.3 is 0 Å². The van der Waals surface area contributed by atoms with Gasteiger partial charge in [0.15, 0.2) is 0 Å². The molecule has 4 aliphatic carbocycles. The van der Waals surface area contributed by atoms with Crippen LogP contribution in [-0.4, -0.2) is 56.7 Å². The van der Waals surface area contributed by atoms with E-state index >= 15 is 0 Å². The smallest absolute Gasteiger partial charge is 0.242 e. The lowest BCUT2D eigenvalue weighted by Gasteiger charge is -2.61. The third-order valence-electron chi connectivity index (χ3n) is 8.39. The van der Waals surface area contributed by atoms with Gasteiger partial charge in [-0.3, -0.25) is 9.69 Å². The summed E-state index contributed by atoms with van der Waals surface area (Å²) in [5, 5.41) is 4.76. The second kappa shape index (κ2) is 7.52. The number of aromatic nitrogens is 3. The third-order valence-corrected chi connectivity index (χ3v) is 8.56. The number of rotatable bonds is 4. The lowest BCUT2D eigenvalue weighted by atomic mass is 9.46. The Morgan fingerprint density at radius 2 is 1.88 bits per heavy atom. The van der Waals surface area contributed by atoms with Crippen LogP contribution in [0, 0.1) is 23.1 Å². The quantitative estimate of drug-likeness (QED) is 0.702. The molecule has 2 atom stereocenters. The van der Waals surface area contributed by atoms with Crippen molar-refractivity contribution in [1.82, 2.24) is 24.6 Å². The minimum Gasteiger partial charge on any atom is -0.340 e. The molecule has 4 saturated carbocycles. The number of piperazine rings is 1. The van der Waals surface area contributed by atoms with E-state index in [0.29, 0.717) is 17.7 Å². The van der Waals surface area contributed by atoms with Crippen molar-refractivity contribution in [2.24, 2.45) is 17.3 Å². The van der Waals surface area contributed by atoms with Gasteiger partial charge in [0.05, 0.1) is 11.0 Å². The second-order valence-electron chi connectivity index (χ2n) is 10.6. The average molecular weight is 458 g/mol. The number of hydrogen-bond donors (Lipinski definition) is 0. The van der Waals surface area contributed by atoms with E-state index in [9.17, 15) is 9.18 Å². The summed E-state index contributed by atoms with van der Waals surface area (Å²) in [7, 11) is 0. The number of nitrogens with zero attached hydrogens (tertiary/aromatic N) is 5. The van der Waals surface area contributed by atoms with Gasteiger partial charge in [0, 0.05) is 32.7 Å². The van der Waals surface area contributed by atoms with Gasteiger partial charge in [0.1, 0.15) is 12.1 Å². The van der Waals surface area contributed by atoms with E-state index < -0.39 is 0 Å². The SMILES string of the molecule is O=C(N1CCN(Cc2cccc(F)c2)CC1)C12CC3CC(C1)CC(n1cnc(Cl)n1)(C3)C2. The Morgan fingerprint density at radius 1 is 1.12 bits per heavy atom. The third kappa shape index (κ3) is 3.45. The van der Waals surface area contributed by atoms with Crippen LogP contribution in [0.5, 0.6) is 0 Å². The summed E-state index contributed by atoms with van der Waals surface area (Å²) >= 11 is 6.06. The molecule has 0 spiro atoms. The van der Waals surface area contributed by atoms with Gasteiger partial charge in [-0.1, -0.05) is 12.1 Å². The van der Waals surface area contributed by atoms with Crippen LogP contribution in [0.15, 0.2) is 30.6 Å². The van der Waals surface area contributed by atoms with Crippen molar-refractivity contribution in [3.63, 3.8) is 0 Å². The monoisotopic (exact) mass is 457 g/mol. The highest BCUT2D eigenvalue weighted by Gasteiger charge is 2.62. The van der Waals surface area contributed by atoms with Crippen LogP contribution >= 0.6 is 11.6 Å². The summed E-state index contributed by atoms with van der Waals surface area (Å²) in [6.07, 6.45) is 8.04. The molecule has 6 nitrogen and oxygen atoms in total. The van der Waals surface area contributed by atoms with E-state index in [0.717, 1.165) is 70.4 Å². The molecular formula is C24H29ClFN5O. The minimum absolute atomic E-state index is 0.112. The normalized spacial score (nSPS) is 34.2.